The molecule has 98 valence electrons. The zero-order chi connectivity index (χ0) is 13.7. The molecule has 2 aromatic rings. The first kappa shape index (κ1) is 13.1. The fraction of sp³-hybridized carbons (Fsp3) is 0.286. The van der Waals surface area contributed by atoms with Gasteiger partial charge in [0.25, 0.3) is 5.91 Å². The first-order chi connectivity index (χ1) is 9.24. The van der Waals surface area contributed by atoms with E-state index in [1.165, 1.54) is 12.4 Å². The minimum atomic E-state index is -0.0765. The van der Waals surface area contributed by atoms with Crippen LogP contribution in [0.4, 0.5) is 0 Å². The van der Waals surface area contributed by atoms with Gasteiger partial charge in [-0.25, -0.2) is 0 Å². The molecule has 0 saturated carbocycles. The van der Waals surface area contributed by atoms with E-state index in [-0.39, 0.29) is 11.9 Å². The van der Waals surface area contributed by atoms with Crippen molar-refractivity contribution >= 4 is 5.91 Å². The van der Waals surface area contributed by atoms with Gasteiger partial charge in [-0.15, -0.1) is 0 Å². The molecule has 0 fully saturated rings. The molecule has 0 saturated heterocycles. The molecule has 0 aliphatic heterocycles. The van der Waals surface area contributed by atoms with Crippen LogP contribution < -0.4 is 0 Å². The molecule has 5 nitrogen and oxygen atoms in total. The van der Waals surface area contributed by atoms with Crippen molar-refractivity contribution in [3.05, 3.63) is 54.1 Å². The maximum absolute atomic E-state index is 12.3. The van der Waals surface area contributed by atoms with Crippen LogP contribution in [0.3, 0.4) is 0 Å². The summed E-state index contributed by atoms with van der Waals surface area (Å²) in [5.74, 6) is -0.0765. The van der Waals surface area contributed by atoms with Crippen LogP contribution in [0.2, 0.25) is 0 Å². The molecular formula is C14H16N4O. The molecule has 0 N–H and O–H groups in total. The summed E-state index contributed by atoms with van der Waals surface area (Å²) in [7, 11) is 1.78. The van der Waals surface area contributed by atoms with Crippen molar-refractivity contribution in [3.8, 4) is 0 Å². The summed E-state index contributed by atoms with van der Waals surface area (Å²) in [4.78, 5) is 18.4. The van der Waals surface area contributed by atoms with Crippen LogP contribution in [0.1, 0.15) is 35.4 Å². The summed E-state index contributed by atoms with van der Waals surface area (Å²) in [5.41, 5.74) is 1.43. The maximum Gasteiger partial charge on any atom is 0.255 e. The molecule has 5 heteroatoms. The molecule has 1 amide bonds. The number of nitrogens with zero attached hydrogens (tertiary/aromatic N) is 4. The van der Waals surface area contributed by atoms with Gasteiger partial charge in [-0.05, 0) is 24.6 Å². The molecule has 0 aromatic carbocycles. The van der Waals surface area contributed by atoms with E-state index in [9.17, 15) is 4.79 Å². The van der Waals surface area contributed by atoms with Crippen molar-refractivity contribution in [1.29, 1.82) is 0 Å². The molecule has 0 unspecified atom stereocenters. The van der Waals surface area contributed by atoms with E-state index in [0.29, 0.717) is 5.56 Å². The average molecular weight is 256 g/mol. The van der Waals surface area contributed by atoms with Gasteiger partial charge in [0, 0.05) is 13.2 Å². The van der Waals surface area contributed by atoms with Crippen LogP contribution in [0.15, 0.2) is 42.9 Å². The monoisotopic (exact) mass is 256 g/mol. The molecule has 0 aliphatic carbocycles. The number of hydrogen-bond acceptors (Lipinski definition) is 4. The summed E-state index contributed by atoms with van der Waals surface area (Å²) in [6.07, 6.45) is 5.54. The Bertz CT molecular complexity index is 530. The lowest BCUT2D eigenvalue weighted by atomic mass is 10.1. The number of hydrogen-bond donors (Lipinski definition) is 0. The van der Waals surface area contributed by atoms with Gasteiger partial charge in [0.2, 0.25) is 0 Å². The lowest BCUT2D eigenvalue weighted by Gasteiger charge is -2.26. The maximum atomic E-state index is 12.3. The third-order valence-electron chi connectivity index (χ3n) is 3.03. The van der Waals surface area contributed by atoms with Crippen LogP contribution in [0.5, 0.6) is 0 Å². The van der Waals surface area contributed by atoms with Crippen molar-refractivity contribution in [2.45, 2.75) is 19.4 Å². The first-order valence-electron chi connectivity index (χ1n) is 6.18. The smallest absolute Gasteiger partial charge is 0.255 e. The van der Waals surface area contributed by atoms with Gasteiger partial charge in [-0.1, -0.05) is 13.0 Å². The van der Waals surface area contributed by atoms with Crippen LogP contribution in [0, 0.1) is 0 Å². The Morgan fingerprint density at radius 1 is 1.26 bits per heavy atom. The van der Waals surface area contributed by atoms with E-state index >= 15 is 0 Å². The summed E-state index contributed by atoms with van der Waals surface area (Å²) >= 11 is 0. The number of carbonyl (C=O) groups excluding carboxylic acids is 1. The number of pyridine rings is 1. The summed E-state index contributed by atoms with van der Waals surface area (Å²) < 4.78 is 0. The fourth-order valence-electron chi connectivity index (χ4n) is 2.02. The quantitative estimate of drug-likeness (QED) is 0.840. The summed E-state index contributed by atoms with van der Waals surface area (Å²) in [6.45, 7) is 2.04. The van der Waals surface area contributed by atoms with E-state index in [1.807, 2.05) is 25.1 Å². The highest BCUT2D eigenvalue weighted by Gasteiger charge is 2.22. The van der Waals surface area contributed by atoms with E-state index in [2.05, 4.69) is 15.2 Å². The third-order valence-corrected chi connectivity index (χ3v) is 3.03. The largest absolute Gasteiger partial charge is 0.333 e. The topological polar surface area (TPSA) is 59.0 Å². The Hall–Kier alpha value is -2.30. The predicted octanol–water partition coefficient (Wildman–Crippen LogP) is 2.09. The number of rotatable bonds is 4. The second-order valence-corrected chi connectivity index (χ2v) is 4.23. The lowest BCUT2D eigenvalue weighted by molar-refractivity contribution is 0.0722. The Labute approximate surface area is 112 Å². The molecule has 0 bridgehead atoms. The molecule has 2 heterocycles. The lowest BCUT2D eigenvalue weighted by Crippen LogP contribution is -2.31. The standard InChI is InChI=1S/C14H16N4O/c1-3-13(12-6-4-5-8-15-12)18(2)14(19)11-7-9-16-17-10-11/h4-10,13H,3H2,1-2H3/t13-/m0/s1. The van der Waals surface area contributed by atoms with Gasteiger partial charge in [-0.3, -0.25) is 9.78 Å². The molecule has 0 aliphatic rings. The van der Waals surface area contributed by atoms with Gasteiger partial charge in [-0.2, -0.15) is 10.2 Å². The molecule has 2 aromatic heterocycles. The van der Waals surface area contributed by atoms with Crippen LogP contribution >= 0.6 is 0 Å². The fourth-order valence-corrected chi connectivity index (χ4v) is 2.02. The Balaban J connectivity index is 2.22. The SMILES string of the molecule is CC[C@@H](c1ccccn1)N(C)C(=O)c1ccnnc1. The van der Waals surface area contributed by atoms with Crippen LogP contribution in [-0.4, -0.2) is 33.0 Å². The van der Waals surface area contributed by atoms with E-state index < -0.39 is 0 Å². The Morgan fingerprint density at radius 2 is 2.11 bits per heavy atom. The van der Waals surface area contributed by atoms with Crippen molar-refractivity contribution in [3.63, 3.8) is 0 Å². The van der Waals surface area contributed by atoms with Crippen molar-refractivity contribution in [1.82, 2.24) is 20.1 Å². The van der Waals surface area contributed by atoms with Crippen molar-refractivity contribution in [2.75, 3.05) is 7.05 Å². The normalized spacial score (nSPS) is 11.9. The molecule has 0 radical (unpaired) electrons. The van der Waals surface area contributed by atoms with E-state index in [4.69, 9.17) is 0 Å². The summed E-state index contributed by atoms with van der Waals surface area (Å²) in [6, 6.07) is 7.35. The number of amides is 1. The van der Waals surface area contributed by atoms with Crippen molar-refractivity contribution in [2.24, 2.45) is 0 Å². The second kappa shape index (κ2) is 6.04. The molecule has 1 atom stereocenters. The highest BCUT2D eigenvalue weighted by molar-refractivity contribution is 5.93. The third kappa shape index (κ3) is 2.93. The number of carbonyl (C=O) groups is 1. The highest BCUT2D eigenvalue weighted by atomic mass is 16.2. The van der Waals surface area contributed by atoms with E-state index in [1.54, 1.807) is 24.2 Å². The van der Waals surface area contributed by atoms with Gasteiger partial charge < -0.3 is 4.90 Å². The van der Waals surface area contributed by atoms with Gasteiger partial charge in [0.1, 0.15) is 0 Å². The van der Waals surface area contributed by atoms with Gasteiger partial charge in [0.05, 0.1) is 29.7 Å². The minimum Gasteiger partial charge on any atom is -0.333 e. The van der Waals surface area contributed by atoms with Crippen LogP contribution in [0.25, 0.3) is 0 Å². The molecule has 19 heavy (non-hydrogen) atoms. The zero-order valence-electron chi connectivity index (χ0n) is 11.0. The first-order valence-corrected chi connectivity index (χ1v) is 6.18. The minimum absolute atomic E-state index is 0.0399. The van der Waals surface area contributed by atoms with E-state index in [0.717, 1.165) is 12.1 Å². The zero-order valence-corrected chi connectivity index (χ0v) is 11.0. The average Bonchev–Trinajstić information content (AvgIpc) is 2.49. The van der Waals surface area contributed by atoms with Gasteiger partial charge in [0.15, 0.2) is 0 Å². The Kier molecular flexibility index (Phi) is 4.18. The highest BCUT2D eigenvalue weighted by Crippen LogP contribution is 2.22. The van der Waals surface area contributed by atoms with Crippen molar-refractivity contribution < 1.29 is 4.79 Å². The number of aromatic nitrogens is 3. The molecule has 0 spiro atoms. The van der Waals surface area contributed by atoms with Gasteiger partial charge >= 0.3 is 0 Å². The Morgan fingerprint density at radius 3 is 2.68 bits per heavy atom. The second-order valence-electron chi connectivity index (χ2n) is 4.23. The predicted molar refractivity (Wildman–Crippen MR) is 71.4 cm³/mol. The van der Waals surface area contributed by atoms with Crippen LogP contribution in [-0.2, 0) is 0 Å². The summed E-state index contributed by atoms with van der Waals surface area (Å²) in [5, 5.41) is 7.41. The molecular weight excluding hydrogens is 240 g/mol. The molecule has 2 rings (SSSR count).